The van der Waals surface area contributed by atoms with Crippen LogP contribution in [-0.4, -0.2) is 37.5 Å². The number of ketones is 1. The van der Waals surface area contributed by atoms with Gasteiger partial charge in [0.25, 0.3) is 5.91 Å². The predicted molar refractivity (Wildman–Crippen MR) is 421 cm³/mol. The van der Waals surface area contributed by atoms with Crippen LogP contribution in [0.1, 0.15) is 357 Å². The van der Waals surface area contributed by atoms with Crippen molar-refractivity contribution >= 4 is 28.5 Å². The molecule has 1 atom stereocenters. The molecule has 0 saturated carbocycles. The number of H-pyrrole nitrogens is 3. The highest BCUT2D eigenvalue weighted by Gasteiger charge is 2.38. The van der Waals surface area contributed by atoms with E-state index in [1.807, 2.05) is 36.4 Å². The highest BCUT2D eigenvalue weighted by molar-refractivity contribution is 6.34. The Morgan fingerprint density at radius 1 is 0.323 bits per heavy atom. The van der Waals surface area contributed by atoms with Crippen LogP contribution in [0.5, 0.6) is 0 Å². The fraction of sp³-hybridized carbons (Fsp3) is 0.533. The number of hydrogen-bond acceptors (Lipinski definition) is 3. The van der Waals surface area contributed by atoms with Crippen molar-refractivity contribution in [2.45, 2.75) is 316 Å². The van der Waals surface area contributed by atoms with Gasteiger partial charge in [-0.25, -0.2) is 4.99 Å². The van der Waals surface area contributed by atoms with E-state index >= 15 is 0 Å². The molecule has 0 aliphatic carbocycles. The average Bonchev–Trinajstić information content (AvgIpc) is 1.65. The lowest BCUT2D eigenvalue weighted by Crippen LogP contribution is -2.30. The smallest absolute Gasteiger partial charge is 0.270 e. The highest BCUT2D eigenvalue weighted by Crippen LogP contribution is 2.38. The van der Waals surface area contributed by atoms with Crippen LogP contribution < -0.4 is 10.7 Å². The summed E-state index contributed by atoms with van der Waals surface area (Å²) in [6, 6.07) is 46.6. The van der Waals surface area contributed by atoms with Crippen LogP contribution in [0, 0.1) is 0 Å². The van der Waals surface area contributed by atoms with Gasteiger partial charge in [-0.1, -0.05) is 356 Å². The summed E-state index contributed by atoms with van der Waals surface area (Å²) in [5.41, 5.74) is 11.6. The van der Waals surface area contributed by atoms with Crippen molar-refractivity contribution in [3.63, 3.8) is 0 Å². The van der Waals surface area contributed by atoms with Crippen molar-refractivity contribution < 1.29 is 14.7 Å². The first-order valence-corrected chi connectivity index (χ1v) is 40.5. The molecule has 1 unspecified atom stereocenters. The molecule has 0 radical (unpaired) electrons. The lowest BCUT2D eigenvalue weighted by atomic mass is 9.86. The number of nitrogens with zero attached hydrogens (tertiary/aromatic N) is 1. The van der Waals surface area contributed by atoms with Gasteiger partial charge >= 0.3 is 0 Å². The molecule has 4 aromatic carbocycles. The molecule has 0 spiro atoms. The van der Waals surface area contributed by atoms with Gasteiger partial charge in [-0.2, -0.15) is 0 Å². The van der Waals surface area contributed by atoms with Crippen molar-refractivity contribution in [1.29, 1.82) is 0 Å². The van der Waals surface area contributed by atoms with Crippen molar-refractivity contribution in [1.82, 2.24) is 15.0 Å². The lowest BCUT2D eigenvalue weighted by molar-refractivity contribution is -0.113. The Hall–Kier alpha value is -6.83. The summed E-state index contributed by atoms with van der Waals surface area (Å²) in [6.07, 6.45) is 59.8. The summed E-state index contributed by atoms with van der Waals surface area (Å²) in [5, 5.41) is 15.5. The van der Waals surface area contributed by atoms with Crippen LogP contribution in [0.15, 0.2) is 151 Å². The minimum absolute atomic E-state index is 0.109. The van der Waals surface area contributed by atoms with Crippen molar-refractivity contribution in [3.05, 3.63) is 224 Å². The van der Waals surface area contributed by atoms with Gasteiger partial charge in [0.05, 0.1) is 22.8 Å². The van der Waals surface area contributed by atoms with Gasteiger partial charge in [-0.15, -0.1) is 0 Å². The van der Waals surface area contributed by atoms with Gasteiger partial charge in [0.15, 0.2) is 5.60 Å². The molecule has 3 aromatic heterocycles. The first kappa shape index (κ1) is 77.9. The Kier molecular flexibility index (Phi) is 35.5. The summed E-state index contributed by atoms with van der Waals surface area (Å²) in [6.45, 7) is 9.13. The maximum atomic E-state index is 14.5. The standard InChI is InChI=1S/C92H128N4O3/c1-5-9-13-17-21-25-29-33-37-41-45-73-49-57-77(58-50-73)89(81-65-66-82(93-81)90(84-69-72-88(97)96-84)78-59-51-74(52-60-78)46-42-38-34-30-26-22-18-14-10-6-2)83-67-70-86(94-83)92(99,80-63-55-76(56-64-80)48-44-40-36-32-28-24-20-16-12-8-4)87-71-68-85(95-87)91(98)79-61-53-75(54-62-79)47-43-39-35-31-27-23-19-15-11-7-3/h49-72,93-95,99H,5-48H2,1-4H3. The third-order valence-corrected chi connectivity index (χ3v) is 21.1. The first-order valence-electron chi connectivity index (χ1n) is 40.5. The van der Waals surface area contributed by atoms with E-state index < -0.39 is 5.60 Å². The molecule has 1 aliphatic heterocycles. The number of amides is 1. The van der Waals surface area contributed by atoms with E-state index in [-0.39, 0.29) is 11.7 Å². The van der Waals surface area contributed by atoms with Gasteiger partial charge in [-0.3, -0.25) is 9.59 Å². The number of rotatable bonds is 53. The monoisotopic (exact) mass is 1340 g/mol. The zero-order chi connectivity index (χ0) is 69.4. The molecular formula is C92H128N4O3. The molecule has 0 saturated heterocycles. The average molecular weight is 1340 g/mol. The Balaban J connectivity index is 1.08. The van der Waals surface area contributed by atoms with E-state index in [2.05, 4.69) is 151 Å². The van der Waals surface area contributed by atoms with Gasteiger partial charge in [0.1, 0.15) is 0 Å². The van der Waals surface area contributed by atoms with E-state index in [0.717, 1.165) is 77.2 Å². The number of carbonyl (C=O) groups is 2. The van der Waals surface area contributed by atoms with Gasteiger partial charge < -0.3 is 20.1 Å². The van der Waals surface area contributed by atoms with Crippen molar-refractivity contribution in [2.24, 2.45) is 4.99 Å². The molecule has 0 fully saturated rings. The molecule has 4 N–H and O–H groups in total. The lowest BCUT2D eigenvalue weighted by Gasteiger charge is -2.27. The molecular weight excluding hydrogens is 1210 g/mol. The van der Waals surface area contributed by atoms with Crippen molar-refractivity contribution in [3.8, 4) is 0 Å². The molecule has 0 bridgehead atoms. The normalized spacial score (nSPS) is 13.5. The molecule has 1 aliphatic rings. The van der Waals surface area contributed by atoms with E-state index in [1.165, 1.54) is 266 Å². The van der Waals surface area contributed by atoms with Crippen LogP contribution >= 0.6 is 0 Å². The predicted octanol–water partition coefficient (Wildman–Crippen LogP) is 24.0. The number of aromatic amines is 3. The number of unbranched alkanes of at least 4 members (excludes halogenated alkanes) is 36. The molecule has 4 heterocycles. The Morgan fingerprint density at radius 3 is 0.980 bits per heavy atom. The fourth-order valence-corrected chi connectivity index (χ4v) is 14.8. The fourth-order valence-electron chi connectivity index (χ4n) is 14.8. The Labute approximate surface area is 599 Å². The molecule has 534 valence electrons. The molecule has 7 heteroatoms. The molecule has 1 amide bonds. The zero-order valence-electron chi connectivity index (χ0n) is 62.2. The van der Waals surface area contributed by atoms with Crippen LogP contribution in [0.3, 0.4) is 0 Å². The van der Waals surface area contributed by atoms with Crippen LogP contribution in [-0.2, 0) is 36.1 Å². The number of nitrogens with one attached hydrogen (secondary N) is 3. The molecule has 99 heavy (non-hydrogen) atoms. The molecule has 7 nitrogen and oxygen atoms in total. The number of hydrogen-bond donors (Lipinski definition) is 4. The number of aliphatic imine (C=N–C) groups is 1. The van der Waals surface area contributed by atoms with E-state index in [4.69, 9.17) is 0 Å². The largest absolute Gasteiger partial charge is 0.373 e. The van der Waals surface area contributed by atoms with Gasteiger partial charge in [0.2, 0.25) is 5.78 Å². The second kappa shape index (κ2) is 45.1. The Bertz CT molecular complexity index is 3570. The number of aryl methyl sites for hydroxylation is 4. The summed E-state index contributed by atoms with van der Waals surface area (Å²) < 4.78 is 0. The van der Waals surface area contributed by atoms with E-state index in [0.29, 0.717) is 33.9 Å². The summed E-state index contributed by atoms with van der Waals surface area (Å²) in [4.78, 5) is 43.1. The SMILES string of the molecule is CCCCCCCCCCCCc1ccc(C(=O)c2ccc(C(O)(c3ccc(CCCCCCCCCCCC)cc3)c3ccc(C(c4ccc(CCCCCCCCCCCC)cc4)=c4ccc(=C(C5=NC(=O)C=C5)c5ccc(CCCCCCCCCCCC)cc5)[nH]4)[nH]3)[nH]2)cc1. The van der Waals surface area contributed by atoms with Gasteiger partial charge in [-0.05, 0) is 133 Å². The zero-order valence-corrected chi connectivity index (χ0v) is 62.2. The molecule has 8 rings (SSSR count). The topological polar surface area (TPSA) is 114 Å². The summed E-state index contributed by atoms with van der Waals surface area (Å²) >= 11 is 0. The summed E-state index contributed by atoms with van der Waals surface area (Å²) in [7, 11) is 0. The number of aliphatic hydroxyl groups is 1. The highest BCUT2D eigenvalue weighted by atomic mass is 16.3. The summed E-state index contributed by atoms with van der Waals surface area (Å²) in [5.74, 6) is -0.364. The van der Waals surface area contributed by atoms with Crippen LogP contribution in [0.25, 0.3) is 11.1 Å². The van der Waals surface area contributed by atoms with Gasteiger partial charge in [0, 0.05) is 39.2 Å². The maximum Gasteiger partial charge on any atom is 0.270 e. The second-order valence-electron chi connectivity index (χ2n) is 29.3. The van der Waals surface area contributed by atoms with Crippen molar-refractivity contribution in [2.75, 3.05) is 0 Å². The maximum absolute atomic E-state index is 14.5. The third kappa shape index (κ3) is 25.9. The third-order valence-electron chi connectivity index (χ3n) is 21.1. The van der Waals surface area contributed by atoms with Crippen LogP contribution in [0.4, 0.5) is 0 Å². The first-order chi connectivity index (χ1) is 48.7. The second-order valence-corrected chi connectivity index (χ2v) is 29.3. The van der Waals surface area contributed by atoms with Crippen LogP contribution in [0.2, 0.25) is 0 Å². The van der Waals surface area contributed by atoms with E-state index in [1.54, 1.807) is 6.08 Å². The number of carbonyl (C=O) groups excluding carboxylic acids is 2. The van der Waals surface area contributed by atoms with E-state index in [9.17, 15) is 14.7 Å². The molecule has 7 aromatic rings. The number of benzene rings is 4. The minimum atomic E-state index is -1.70. The minimum Gasteiger partial charge on any atom is -0.373 e. The number of aromatic nitrogens is 3. The Morgan fingerprint density at radius 2 is 0.626 bits per heavy atom. The quantitative estimate of drug-likeness (QED) is 0.0225. The number of allylic oxidation sites excluding steroid dienone is 1.